The summed E-state index contributed by atoms with van der Waals surface area (Å²) >= 11 is 11.9. The van der Waals surface area contributed by atoms with Gasteiger partial charge in [-0.1, -0.05) is 41.4 Å². The van der Waals surface area contributed by atoms with Crippen LogP contribution in [0.4, 0.5) is 4.39 Å². The van der Waals surface area contributed by atoms with Crippen LogP contribution in [0.1, 0.15) is 11.1 Å². The minimum atomic E-state index is -0.912. The van der Waals surface area contributed by atoms with E-state index in [1.165, 1.54) is 12.1 Å². The third-order valence-corrected chi connectivity index (χ3v) is 3.81. The highest BCUT2D eigenvalue weighted by Gasteiger charge is 2.20. The summed E-state index contributed by atoms with van der Waals surface area (Å²) in [5, 5.41) is 10.3. The van der Waals surface area contributed by atoms with Crippen LogP contribution >= 0.6 is 23.2 Å². The topological polar surface area (TPSA) is 37.3 Å². The van der Waals surface area contributed by atoms with Gasteiger partial charge in [-0.05, 0) is 48.2 Å². The van der Waals surface area contributed by atoms with Crippen molar-refractivity contribution in [3.05, 3.63) is 69.5 Å². The van der Waals surface area contributed by atoms with Crippen LogP contribution in [0.3, 0.4) is 0 Å². The normalized spacial score (nSPS) is 12.1. The Hall–Kier alpha value is -1.58. The van der Waals surface area contributed by atoms with E-state index < -0.39 is 11.9 Å². The molecule has 0 saturated heterocycles. The molecule has 1 unspecified atom stereocenters. The van der Waals surface area contributed by atoms with Crippen LogP contribution in [-0.2, 0) is 17.6 Å². The molecule has 1 atom stereocenters. The van der Waals surface area contributed by atoms with Crippen LogP contribution in [0.2, 0.25) is 10.0 Å². The second kappa shape index (κ2) is 6.92. The van der Waals surface area contributed by atoms with Crippen molar-refractivity contribution in [2.24, 2.45) is 5.92 Å². The first-order valence-electron chi connectivity index (χ1n) is 6.37. The van der Waals surface area contributed by atoms with Gasteiger partial charge >= 0.3 is 5.97 Å². The van der Waals surface area contributed by atoms with E-state index >= 15 is 0 Å². The molecule has 2 nitrogen and oxygen atoms in total. The Bertz CT molecular complexity index is 641. The maximum Gasteiger partial charge on any atom is 0.307 e. The molecule has 0 radical (unpaired) electrons. The minimum absolute atomic E-state index is 0.294. The zero-order valence-corrected chi connectivity index (χ0v) is 12.5. The molecule has 0 heterocycles. The lowest BCUT2D eigenvalue weighted by Gasteiger charge is -2.14. The molecular formula is C16H13Cl2FO2. The third-order valence-electron chi connectivity index (χ3n) is 3.23. The SMILES string of the molecule is O=C(O)C(Cc1ccc(F)cc1)Cc1ccc(Cl)cc1Cl. The van der Waals surface area contributed by atoms with Crippen molar-refractivity contribution in [1.29, 1.82) is 0 Å². The molecule has 0 saturated carbocycles. The predicted octanol–water partition coefficient (Wildman–Crippen LogP) is 4.62. The lowest BCUT2D eigenvalue weighted by Crippen LogP contribution is -2.19. The summed E-state index contributed by atoms with van der Waals surface area (Å²) < 4.78 is 12.9. The molecule has 0 aliphatic carbocycles. The molecule has 0 bridgehead atoms. The molecular weight excluding hydrogens is 314 g/mol. The molecule has 21 heavy (non-hydrogen) atoms. The van der Waals surface area contributed by atoms with Crippen LogP contribution in [0.25, 0.3) is 0 Å². The number of benzene rings is 2. The zero-order valence-electron chi connectivity index (χ0n) is 11.0. The second-order valence-corrected chi connectivity index (χ2v) is 5.65. The summed E-state index contributed by atoms with van der Waals surface area (Å²) in [6.45, 7) is 0. The molecule has 0 aliphatic rings. The number of hydrogen-bond acceptors (Lipinski definition) is 1. The fourth-order valence-electron chi connectivity index (χ4n) is 2.10. The van der Waals surface area contributed by atoms with Gasteiger partial charge in [-0.25, -0.2) is 4.39 Å². The summed E-state index contributed by atoms with van der Waals surface area (Å²) in [5.41, 5.74) is 1.50. The highest BCUT2D eigenvalue weighted by molar-refractivity contribution is 6.35. The highest BCUT2D eigenvalue weighted by Crippen LogP contribution is 2.25. The molecule has 1 N–H and O–H groups in total. The first kappa shape index (κ1) is 15.8. The molecule has 0 spiro atoms. The lowest BCUT2D eigenvalue weighted by atomic mass is 9.92. The molecule has 0 amide bonds. The Kier molecular flexibility index (Phi) is 5.21. The maximum absolute atomic E-state index is 12.9. The summed E-state index contributed by atoms with van der Waals surface area (Å²) in [6, 6.07) is 10.8. The van der Waals surface area contributed by atoms with E-state index in [0.717, 1.165) is 11.1 Å². The predicted molar refractivity (Wildman–Crippen MR) is 81.4 cm³/mol. The monoisotopic (exact) mass is 326 g/mol. The minimum Gasteiger partial charge on any atom is -0.481 e. The van der Waals surface area contributed by atoms with Crippen molar-refractivity contribution in [3.8, 4) is 0 Å². The Balaban J connectivity index is 2.15. The Morgan fingerprint density at radius 3 is 2.33 bits per heavy atom. The van der Waals surface area contributed by atoms with Crippen molar-refractivity contribution in [2.75, 3.05) is 0 Å². The summed E-state index contributed by atoms with van der Waals surface area (Å²) in [4.78, 5) is 11.4. The van der Waals surface area contributed by atoms with E-state index in [1.807, 2.05) is 0 Å². The van der Waals surface area contributed by atoms with E-state index in [1.54, 1.807) is 30.3 Å². The van der Waals surface area contributed by atoms with Gasteiger partial charge in [0.1, 0.15) is 5.82 Å². The first-order chi connectivity index (χ1) is 9.95. The van der Waals surface area contributed by atoms with Gasteiger partial charge in [-0.2, -0.15) is 0 Å². The second-order valence-electron chi connectivity index (χ2n) is 4.81. The van der Waals surface area contributed by atoms with Crippen molar-refractivity contribution in [1.82, 2.24) is 0 Å². The number of carboxylic acid groups (broad SMARTS) is 1. The Labute approximate surface area is 132 Å². The van der Waals surface area contributed by atoms with E-state index in [2.05, 4.69) is 0 Å². The van der Waals surface area contributed by atoms with Crippen molar-refractivity contribution in [2.45, 2.75) is 12.8 Å². The largest absolute Gasteiger partial charge is 0.481 e. The van der Waals surface area contributed by atoms with Gasteiger partial charge < -0.3 is 5.11 Å². The van der Waals surface area contributed by atoms with Gasteiger partial charge in [0.05, 0.1) is 5.92 Å². The van der Waals surface area contributed by atoms with Gasteiger partial charge in [0.2, 0.25) is 0 Å². The molecule has 110 valence electrons. The highest BCUT2D eigenvalue weighted by atomic mass is 35.5. The average Bonchev–Trinajstić information content (AvgIpc) is 2.43. The van der Waals surface area contributed by atoms with E-state index in [4.69, 9.17) is 23.2 Å². The molecule has 0 aliphatic heterocycles. The third kappa shape index (κ3) is 4.45. The average molecular weight is 327 g/mol. The number of carboxylic acids is 1. The van der Waals surface area contributed by atoms with Crippen LogP contribution < -0.4 is 0 Å². The van der Waals surface area contributed by atoms with Gasteiger partial charge in [-0.15, -0.1) is 0 Å². The number of hydrogen-bond donors (Lipinski definition) is 1. The van der Waals surface area contributed by atoms with Gasteiger partial charge in [0.25, 0.3) is 0 Å². The van der Waals surface area contributed by atoms with Gasteiger partial charge in [0.15, 0.2) is 0 Å². The fourth-order valence-corrected chi connectivity index (χ4v) is 2.59. The summed E-state index contributed by atoms with van der Waals surface area (Å²) in [7, 11) is 0. The van der Waals surface area contributed by atoms with Crippen molar-refractivity contribution >= 4 is 29.2 Å². The van der Waals surface area contributed by atoms with Crippen LogP contribution in [0.15, 0.2) is 42.5 Å². The fraction of sp³-hybridized carbons (Fsp3) is 0.188. The summed E-state index contributed by atoms with van der Waals surface area (Å²) in [5.74, 6) is -1.88. The quantitative estimate of drug-likeness (QED) is 0.870. The Morgan fingerprint density at radius 1 is 1.10 bits per heavy atom. The van der Waals surface area contributed by atoms with E-state index in [9.17, 15) is 14.3 Å². The van der Waals surface area contributed by atoms with Crippen molar-refractivity contribution < 1.29 is 14.3 Å². The van der Waals surface area contributed by atoms with E-state index in [0.29, 0.717) is 22.9 Å². The zero-order chi connectivity index (χ0) is 15.4. The number of rotatable bonds is 5. The standard InChI is InChI=1S/C16H13Cl2FO2/c17-13-4-3-11(15(18)9-13)8-12(16(20)21)7-10-1-5-14(19)6-2-10/h1-6,9,12H,7-8H2,(H,20,21). The van der Waals surface area contributed by atoms with E-state index in [-0.39, 0.29) is 5.82 Å². The molecule has 0 fully saturated rings. The van der Waals surface area contributed by atoms with Gasteiger partial charge in [0, 0.05) is 10.0 Å². The van der Waals surface area contributed by atoms with Crippen LogP contribution in [-0.4, -0.2) is 11.1 Å². The number of carbonyl (C=O) groups is 1. The molecule has 0 aromatic heterocycles. The molecule has 2 rings (SSSR count). The van der Waals surface area contributed by atoms with Crippen molar-refractivity contribution in [3.63, 3.8) is 0 Å². The lowest BCUT2D eigenvalue weighted by molar-refractivity contribution is -0.141. The molecule has 2 aromatic rings. The smallest absolute Gasteiger partial charge is 0.307 e. The number of aliphatic carboxylic acids is 1. The maximum atomic E-state index is 12.9. The summed E-state index contributed by atoms with van der Waals surface area (Å²) in [6.07, 6.45) is 0.608. The molecule has 2 aromatic carbocycles. The first-order valence-corrected chi connectivity index (χ1v) is 7.12. The van der Waals surface area contributed by atoms with Crippen LogP contribution in [0, 0.1) is 11.7 Å². The van der Waals surface area contributed by atoms with Crippen LogP contribution in [0.5, 0.6) is 0 Å². The number of halogens is 3. The molecule has 5 heteroatoms. The Morgan fingerprint density at radius 2 is 1.76 bits per heavy atom. The van der Waals surface area contributed by atoms with Gasteiger partial charge in [-0.3, -0.25) is 4.79 Å².